The Balaban J connectivity index is 1.60. The third kappa shape index (κ3) is 1.90. The van der Waals surface area contributed by atoms with E-state index in [0.717, 1.165) is 25.9 Å². The number of nitrogens with zero attached hydrogens (tertiary/aromatic N) is 1. The number of likely N-dealkylation sites (tertiary alicyclic amines) is 1. The summed E-state index contributed by atoms with van der Waals surface area (Å²) in [5.74, 6) is 1.23. The fourth-order valence-corrected chi connectivity index (χ4v) is 3.69. The Bertz CT molecular complexity index is 371. The number of amides is 2. The number of carbonyl (C=O) groups excluding carboxylic acids is 2. The van der Waals surface area contributed by atoms with Crippen molar-refractivity contribution >= 4 is 11.8 Å². The summed E-state index contributed by atoms with van der Waals surface area (Å²) in [6.45, 7) is 1.70. The van der Waals surface area contributed by atoms with Crippen molar-refractivity contribution in [2.75, 3.05) is 20.1 Å². The second kappa shape index (κ2) is 4.53. The lowest BCUT2D eigenvalue weighted by molar-refractivity contribution is -0.132. The molecule has 4 atom stereocenters. The topological polar surface area (TPSA) is 61.4 Å². The van der Waals surface area contributed by atoms with Crippen LogP contribution in [0.15, 0.2) is 0 Å². The molecule has 0 bridgehead atoms. The summed E-state index contributed by atoms with van der Waals surface area (Å²) in [5, 5.41) is 6.24. The van der Waals surface area contributed by atoms with E-state index in [1.165, 1.54) is 12.8 Å². The SMILES string of the molecule is CN1CCC(NC(=O)C2NCC3CCCC32)C1=O. The van der Waals surface area contributed by atoms with Gasteiger partial charge in [0.05, 0.1) is 6.04 Å². The van der Waals surface area contributed by atoms with Crippen molar-refractivity contribution in [1.29, 1.82) is 0 Å². The van der Waals surface area contributed by atoms with Gasteiger partial charge in [0.2, 0.25) is 11.8 Å². The molecule has 0 aromatic heterocycles. The molecule has 2 amide bonds. The molecule has 4 unspecified atom stereocenters. The third-order valence-corrected chi connectivity index (χ3v) is 4.77. The smallest absolute Gasteiger partial charge is 0.244 e. The van der Waals surface area contributed by atoms with Crippen LogP contribution in [-0.4, -0.2) is 48.9 Å². The quantitative estimate of drug-likeness (QED) is 0.709. The van der Waals surface area contributed by atoms with Crippen LogP contribution < -0.4 is 10.6 Å². The third-order valence-electron chi connectivity index (χ3n) is 4.77. The summed E-state index contributed by atoms with van der Waals surface area (Å²) in [4.78, 5) is 25.7. The first-order valence-corrected chi connectivity index (χ1v) is 6.95. The lowest BCUT2D eigenvalue weighted by atomic mass is 9.93. The highest BCUT2D eigenvalue weighted by atomic mass is 16.2. The standard InChI is InChI=1S/C13H21N3O2/c1-16-6-5-10(13(16)18)15-12(17)11-9-4-2-3-8(9)7-14-11/h8-11,14H,2-7H2,1H3,(H,15,17). The van der Waals surface area contributed by atoms with Crippen molar-refractivity contribution in [3.8, 4) is 0 Å². The van der Waals surface area contributed by atoms with Crippen LogP contribution in [0, 0.1) is 11.8 Å². The van der Waals surface area contributed by atoms with Gasteiger partial charge in [-0.1, -0.05) is 6.42 Å². The van der Waals surface area contributed by atoms with E-state index in [4.69, 9.17) is 0 Å². The molecule has 2 heterocycles. The van der Waals surface area contributed by atoms with E-state index >= 15 is 0 Å². The van der Waals surface area contributed by atoms with E-state index in [-0.39, 0.29) is 23.9 Å². The van der Waals surface area contributed by atoms with Gasteiger partial charge >= 0.3 is 0 Å². The van der Waals surface area contributed by atoms with Crippen LogP contribution in [0.4, 0.5) is 0 Å². The van der Waals surface area contributed by atoms with Gasteiger partial charge in [-0.2, -0.15) is 0 Å². The first-order chi connectivity index (χ1) is 8.66. The number of hydrogen-bond donors (Lipinski definition) is 2. The maximum atomic E-state index is 12.3. The summed E-state index contributed by atoms with van der Waals surface area (Å²) in [7, 11) is 1.79. The van der Waals surface area contributed by atoms with Gasteiger partial charge in [0.15, 0.2) is 0 Å². The minimum atomic E-state index is -0.301. The predicted molar refractivity (Wildman–Crippen MR) is 66.8 cm³/mol. The summed E-state index contributed by atoms with van der Waals surface area (Å²) < 4.78 is 0. The molecule has 3 aliphatic rings. The highest BCUT2D eigenvalue weighted by Crippen LogP contribution is 2.37. The van der Waals surface area contributed by atoms with E-state index in [9.17, 15) is 9.59 Å². The van der Waals surface area contributed by atoms with Crippen molar-refractivity contribution in [3.63, 3.8) is 0 Å². The highest BCUT2D eigenvalue weighted by molar-refractivity contribution is 5.91. The van der Waals surface area contributed by atoms with Gasteiger partial charge < -0.3 is 15.5 Å². The number of fused-ring (bicyclic) bond motifs is 1. The minimum absolute atomic E-state index is 0.0260. The minimum Gasteiger partial charge on any atom is -0.344 e. The monoisotopic (exact) mass is 251 g/mol. The van der Waals surface area contributed by atoms with Crippen LogP contribution in [0.5, 0.6) is 0 Å². The van der Waals surface area contributed by atoms with Gasteiger partial charge in [-0.15, -0.1) is 0 Å². The van der Waals surface area contributed by atoms with Gasteiger partial charge in [0, 0.05) is 13.6 Å². The van der Waals surface area contributed by atoms with Crippen LogP contribution in [-0.2, 0) is 9.59 Å². The predicted octanol–water partition coefficient (Wildman–Crippen LogP) is -0.279. The van der Waals surface area contributed by atoms with Crippen LogP contribution >= 0.6 is 0 Å². The van der Waals surface area contributed by atoms with Crippen molar-refractivity contribution < 1.29 is 9.59 Å². The Hall–Kier alpha value is -1.10. The molecule has 5 nitrogen and oxygen atoms in total. The Kier molecular flexibility index (Phi) is 3.01. The van der Waals surface area contributed by atoms with Gasteiger partial charge in [-0.3, -0.25) is 9.59 Å². The number of carbonyl (C=O) groups is 2. The zero-order valence-electron chi connectivity index (χ0n) is 10.8. The molecule has 1 saturated carbocycles. The normalized spacial score (nSPS) is 39.2. The van der Waals surface area contributed by atoms with Gasteiger partial charge in [-0.25, -0.2) is 0 Å². The molecule has 0 spiro atoms. The second-order valence-corrected chi connectivity index (χ2v) is 5.85. The molecule has 3 fully saturated rings. The van der Waals surface area contributed by atoms with E-state index in [0.29, 0.717) is 11.8 Å². The van der Waals surface area contributed by atoms with Crippen molar-refractivity contribution in [1.82, 2.24) is 15.5 Å². The maximum absolute atomic E-state index is 12.3. The molecular weight excluding hydrogens is 230 g/mol. The molecule has 0 aromatic carbocycles. The Labute approximate surface area is 107 Å². The number of hydrogen-bond acceptors (Lipinski definition) is 3. The molecule has 2 saturated heterocycles. The van der Waals surface area contributed by atoms with Crippen LogP contribution in [0.1, 0.15) is 25.7 Å². The molecular formula is C13H21N3O2. The molecule has 2 aliphatic heterocycles. The van der Waals surface area contributed by atoms with Crippen molar-refractivity contribution in [2.45, 2.75) is 37.8 Å². The van der Waals surface area contributed by atoms with E-state index in [1.807, 2.05) is 0 Å². The zero-order valence-corrected chi connectivity index (χ0v) is 10.8. The summed E-state index contributed by atoms with van der Waals surface area (Å²) in [6, 6.07) is -0.374. The summed E-state index contributed by atoms with van der Waals surface area (Å²) in [6.07, 6.45) is 4.37. The van der Waals surface area contributed by atoms with Crippen LogP contribution in [0.25, 0.3) is 0 Å². The van der Waals surface area contributed by atoms with E-state index < -0.39 is 0 Å². The fourth-order valence-electron chi connectivity index (χ4n) is 3.69. The largest absolute Gasteiger partial charge is 0.344 e. The average Bonchev–Trinajstić information content (AvgIpc) is 3.00. The number of rotatable bonds is 2. The molecule has 3 rings (SSSR count). The summed E-state index contributed by atoms with van der Waals surface area (Å²) >= 11 is 0. The number of nitrogens with one attached hydrogen (secondary N) is 2. The molecule has 1 aliphatic carbocycles. The zero-order chi connectivity index (χ0) is 12.7. The molecule has 5 heteroatoms. The second-order valence-electron chi connectivity index (χ2n) is 5.85. The average molecular weight is 251 g/mol. The fraction of sp³-hybridized carbons (Fsp3) is 0.846. The molecule has 0 radical (unpaired) electrons. The maximum Gasteiger partial charge on any atom is 0.244 e. The molecule has 100 valence electrons. The first kappa shape index (κ1) is 12.0. The van der Waals surface area contributed by atoms with E-state index in [1.54, 1.807) is 11.9 Å². The highest BCUT2D eigenvalue weighted by Gasteiger charge is 2.43. The Morgan fingerprint density at radius 1 is 1.39 bits per heavy atom. The lowest BCUT2D eigenvalue weighted by Gasteiger charge is -2.20. The first-order valence-electron chi connectivity index (χ1n) is 6.95. The summed E-state index contributed by atoms with van der Waals surface area (Å²) in [5.41, 5.74) is 0. The van der Waals surface area contributed by atoms with Gasteiger partial charge in [0.1, 0.15) is 6.04 Å². The Morgan fingerprint density at radius 3 is 2.94 bits per heavy atom. The van der Waals surface area contributed by atoms with Crippen molar-refractivity contribution in [2.24, 2.45) is 11.8 Å². The van der Waals surface area contributed by atoms with Crippen LogP contribution in [0.3, 0.4) is 0 Å². The van der Waals surface area contributed by atoms with Crippen molar-refractivity contribution in [3.05, 3.63) is 0 Å². The molecule has 18 heavy (non-hydrogen) atoms. The Morgan fingerprint density at radius 2 is 2.22 bits per heavy atom. The lowest BCUT2D eigenvalue weighted by Crippen LogP contribution is -2.49. The molecule has 0 aromatic rings. The van der Waals surface area contributed by atoms with Gasteiger partial charge in [-0.05, 0) is 37.6 Å². The van der Waals surface area contributed by atoms with Crippen LogP contribution in [0.2, 0.25) is 0 Å². The van der Waals surface area contributed by atoms with Gasteiger partial charge in [0.25, 0.3) is 0 Å². The molecule has 2 N–H and O–H groups in total. The van der Waals surface area contributed by atoms with E-state index in [2.05, 4.69) is 10.6 Å². The number of likely N-dealkylation sites (N-methyl/N-ethyl adjacent to an activating group) is 1.